The summed E-state index contributed by atoms with van der Waals surface area (Å²) in [5.41, 5.74) is 0. The molecule has 0 aliphatic carbocycles. The molecule has 0 N–H and O–H groups in total. The number of thiophene rings is 1. The molecule has 1 heterocycles. The molecule has 0 aliphatic rings. The number of esters is 1. The van der Waals surface area contributed by atoms with Crippen LogP contribution in [0.4, 0.5) is 0 Å². The van der Waals surface area contributed by atoms with Gasteiger partial charge < -0.3 is 14.4 Å². The van der Waals surface area contributed by atoms with Gasteiger partial charge in [-0.2, -0.15) is 0 Å². The predicted molar refractivity (Wildman–Crippen MR) is 82.1 cm³/mol. The molecule has 116 valence electrons. The second-order valence-electron chi connectivity index (χ2n) is 4.57. The molecule has 21 heavy (non-hydrogen) atoms. The smallest absolute Gasteiger partial charge is 0.335 e. The van der Waals surface area contributed by atoms with Gasteiger partial charge in [-0.3, -0.25) is 4.79 Å². The second kappa shape index (κ2) is 8.59. The van der Waals surface area contributed by atoms with Crippen molar-refractivity contribution in [1.29, 1.82) is 0 Å². The molecular formula is C15H21NO4S. The highest BCUT2D eigenvalue weighted by Gasteiger charge is 2.21. The van der Waals surface area contributed by atoms with E-state index in [9.17, 15) is 9.59 Å². The highest BCUT2D eigenvalue weighted by Crippen LogP contribution is 2.23. The van der Waals surface area contributed by atoms with Gasteiger partial charge in [-0.15, -0.1) is 17.9 Å². The van der Waals surface area contributed by atoms with Crippen LogP contribution in [0.25, 0.3) is 0 Å². The Labute approximate surface area is 129 Å². The van der Waals surface area contributed by atoms with Gasteiger partial charge in [0.1, 0.15) is 0 Å². The van der Waals surface area contributed by atoms with E-state index in [0.717, 1.165) is 4.88 Å². The predicted octanol–water partition coefficient (Wildman–Crippen LogP) is 2.40. The Morgan fingerprint density at radius 3 is 2.76 bits per heavy atom. The minimum atomic E-state index is -0.712. The summed E-state index contributed by atoms with van der Waals surface area (Å²) in [6.45, 7) is 6.98. The highest BCUT2D eigenvalue weighted by molar-refractivity contribution is 7.10. The molecule has 0 radical (unpaired) electrons. The second-order valence-corrected chi connectivity index (χ2v) is 5.55. The van der Waals surface area contributed by atoms with Crippen molar-refractivity contribution in [2.75, 3.05) is 20.3 Å². The topological polar surface area (TPSA) is 55.8 Å². The molecule has 0 aliphatic heterocycles. The first-order valence-electron chi connectivity index (χ1n) is 6.65. The lowest BCUT2D eigenvalue weighted by Gasteiger charge is -2.24. The molecule has 0 aromatic carbocycles. The fraction of sp³-hybridized carbons (Fsp3) is 0.467. The zero-order chi connectivity index (χ0) is 15.8. The zero-order valence-corrected chi connectivity index (χ0v) is 13.4. The molecule has 1 aromatic rings. The maximum Gasteiger partial charge on any atom is 0.335 e. The molecular weight excluding hydrogens is 290 g/mol. The van der Waals surface area contributed by atoms with E-state index < -0.39 is 12.1 Å². The normalized spacial score (nSPS) is 13.3. The van der Waals surface area contributed by atoms with E-state index in [-0.39, 0.29) is 25.2 Å². The van der Waals surface area contributed by atoms with Crippen LogP contribution < -0.4 is 0 Å². The average Bonchev–Trinajstić information content (AvgIpc) is 3.02. The molecule has 1 amide bonds. The first-order valence-corrected chi connectivity index (χ1v) is 7.53. The minimum absolute atomic E-state index is 0.0503. The Hall–Kier alpha value is -1.66. The van der Waals surface area contributed by atoms with Crippen LogP contribution in [0.5, 0.6) is 0 Å². The fourth-order valence-corrected chi connectivity index (χ4v) is 2.39. The Bertz CT molecular complexity index is 472. The van der Waals surface area contributed by atoms with Gasteiger partial charge in [0, 0.05) is 11.9 Å². The summed E-state index contributed by atoms with van der Waals surface area (Å²) in [6.07, 6.45) is 0.835. The summed E-state index contributed by atoms with van der Waals surface area (Å²) in [7, 11) is 1.69. The minimum Gasteiger partial charge on any atom is -0.454 e. The van der Waals surface area contributed by atoms with E-state index in [0.29, 0.717) is 0 Å². The van der Waals surface area contributed by atoms with Crippen LogP contribution in [-0.4, -0.2) is 43.1 Å². The molecule has 2 unspecified atom stereocenters. The SMILES string of the molecule is C=CCOC(C)C(=O)OCC(=O)N(C)C(C)c1cccs1. The van der Waals surface area contributed by atoms with E-state index in [1.165, 1.54) is 0 Å². The van der Waals surface area contributed by atoms with Gasteiger partial charge in [-0.05, 0) is 25.3 Å². The molecule has 5 nitrogen and oxygen atoms in total. The zero-order valence-electron chi connectivity index (χ0n) is 12.6. The molecule has 0 saturated heterocycles. The van der Waals surface area contributed by atoms with Crippen molar-refractivity contribution < 1.29 is 19.1 Å². The van der Waals surface area contributed by atoms with Gasteiger partial charge in [-0.1, -0.05) is 12.1 Å². The Kier molecular flexibility index (Phi) is 7.11. The number of hydrogen-bond donors (Lipinski definition) is 0. The summed E-state index contributed by atoms with van der Waals surface area (Å²) in [4.78, 5) is 26.3. The molecule has 2 atom stereocenters. The van der Waals surface area contributed by atoms with E-state index in [2.05, 4.69) is 6.58 Å². The van der Waals surface area contributed by atoms with Crippen LogP contribution in [-0.2, 0) is 19.1 Å². The quantitative estimate of drug-likeness (QED) is 0.546. The highest BCUT2D eigenvalue weighted by atomic mass is 32.1. The van der Waals surface area contributed by atoms with Crippen molar-refractivity contribution in [3.63, 3.8) is 0 Å². The van der Waals surface area contributed by atoms with E-state index in [4.69, 9.17) is 9.47 Å². The van der Waals surface area contributed by atoms with Crippen LogP contribution in [0.1, 0.15) is 24.8 Å². The van der Waals surface area contributed by atoms with Crippen molar-refractivity contribution >= 4 is 23.2 Å². The standard InChI is InChI=1S/C15H21NO4S/c1-5-8-19-12(3)15(18)20-10-14(17)16(4)11(2)13-7-6-9-21-13/h5-7,9,11-12H,1,8,10H2,2-4H3. The van der Waals surface area contributed by atoms with Crippen molar-refractivity contribution in [2.45, 2.75) is 26.0 Å². The lowest BCUT2D eigenvalue weighted by atomic mass is 10.2. The van der Waals surface area contributed by atoms with Crippen LogP contribution in [0, 0.1) is 0 Å². The molecule has 0 spiro atoms. The number of carbonyl (C=O) groups is 2. The molecule has 0 fully saturated rings. The lowest BCUT2D eigenvalue weighted by Crippen LogP contribution is -2.34. The summed E-state index contributed by atoms with van der Waals surface area (Å²) >= 11 is 1.58. The number of likely N-dealkylation sites (N-methyl/N-ethyl adjacent to an activating group) is 1. The number of hydrogen-bond acceptors (Lipinski definition) is 5. The largest absolute Gasteiger partial charge is 0.454 e. The van der Waals surface area contributed by atoms with E-state index in [1.807, 2.05) is 24.4 Å². The van der Waals surface area contributed by atoms with Crippen LogP contribution in [0.15, 0.2) is 30.2 Å². The van der Waals surface area contributed by atoms with E-state index in [1.54, 1.807) is 36.3 Å². The summed E-state index contributed by atoms with van der Waals surface area (Å²) in [5, 5.41) is 1.96. The third-order valence-electron chi connectivity index (χ3n) is 3.06. The van der Waals surface area contributed by atoms with Crippen LogP contribution >= 0.6 is 11.3 Å². The fourth-order valence-electron chi connectivity index (χ4n) is 1.57. The van der Waals surface area contributed by atoms with Crippen molar-refractivity contribution in [2.24, 2.45) is 0 Å². The number of carbonyl (C=O) groups excluding carboxylic acids is 2. The number of rotatable bonds is 8. The number of amides is 1. The molecule has 1 aromatic heterocycles. The Balaban J connectivity index is 2.42. The van der Waals surface area contributed by atoms with Gasteiger partial charge in [0.05, 0.1) is 12.6 Å². The van der Waals surface area contributed by atoms with E-state index >= 15 is 0 Å². The first-order chi connectivity index (χ1) is 9.97. The molecule has 1 rings (SSSR count). The lowest BCUT2D eigenvalue weighted by molar-refractivity contribution is -0.160. The van der Waals surface area contributed by atoms with Crippen molar-refractivity contribution in [1.82, 2.24) is 4.90 Å². The maximum absolute atomic E-state index is 12.0. The van der Waals surface area contributed by atoms with Gasteiger partial charge in [0.15, 0.2) is 12.7 Å². The number of nitrogens with zero attached hydrogens (tertiary/aromatic N) is 1. The molecule has 6 heteroatoms. The molecule has 0 bridgehead atoms. The third-order valence-corrected chi connectivity index (χ3v) is 4.11. The monoisotopic (exact) mass is 311 g/mol. The first kappa shape index (κ1) is 17.4. The average molecular weight is 311 g/mol. The summed E-state index contributed by atoms with van der Waals surface area (Å²) in [6, 6.07) is 3.86. The Morgan fingerprint density at radius 1 is 1.48 bits per heavy atom. The van der Waals surface area contributed by atoms with Crippen LogP contribution in [0.3, 0.4) is 0 Å². The summed E-state index contributed by atoms with van der Waals surface area (Å²) < 4.78 is 10.1. The van der Waals surface area contributed by atoms with Gasteiger partial charge >= 0.3 is 5.97 Å². The summed E-state index contributed by atoms with van der Waals surface area (Å²) in [5.74, 6) is -0.803. The third kappa shape index (κ3) is 5.32. The van der Waals surface area contributed by atoms with Crippen molar-refractivity contribution in [3.05, 3.63) is 35.0 Å². The number of ether oxygens (including phenoxy) is 2. The van der Waals surface area contributed by atoms with Gasteiger partial charge in [0.2, 0.25) is 0 Å². The van der Waals surface area contributed by atoms with Gasteiger partial charge in [-0.25, -0.2) is 4.79 Å². The van der Waals surface area contributed by atoms with Crippen molar-refractivity contribution in [3.8, 4) is 0 Å². The maximum atomic E-state index is 12.0. The Morgan fingerprint density at radius 2 is 2.19 bits per heavy atom. The molecule has 0 saturated carbocycles. The van der Waals surface area contributed by atoms with Gasteiger partial charge in [0.25, 0.3) is 5.91 Å². The van der Waals surface area contributed by atoms with Crippen LogP contribution in [0.2, 0.25) is 0 Å².